The number of nitro benzene ring substituents is 1. The van der Waals surface area contributed by atoms with Crippen LogP contribution in [0.5, 0.6) is 5.75 Å². The lowest BCUT2D eigenvalue weighted by atomic mass is 10.0. The zero-order valence-corrected chi connectivity index (χ0v) is 14.5. The molecule has 2 N–H and O–H groups in total. The molecule has 0 aliphatic carbocycles. The fraction of sp³-hybridized carbons (Fsp3) is 0.316. The number of nitrogens with one attached hydrogen (secondary N) is 1. The Hall–Kier alpha value is -3.13. The molecule has 0 aromatic heterocycles. The number of amides is 1. The number of hydrogen-bond donors (Lipinski definition) is 2. The summed E-state index contributed by atoms with van der Waals surface area (Å²) in [6.45, 7) is 1.06. The van der Waals surface area contributed by atoms with Crippen LogP contribution in [0.3, 0.4) is 0 Å². The standard InChI is InChI=1S/C19H19N3O5/c23-17-8-7-12(10-16(17)22(25)26)18-20-15-6-2-1-5-14(15)19(24)21(18)11-13-4-3-9-27-13/h1-2,5-8,10,13,18,20,23H,3-4,9,11H2/t13-,18-/m0/s1. The Balaban J connectivity index is 1.74. The van der Waals surface area contributed by atoms with E-state index in [0.717, 1.165) is 12.8 Å². The predicted molar refractivity (Wildman–Crippen MR) is 97.6 cm³/mol. The van der Waals surface area contributed by atoms with Crippen molar-refractivity contribution < 1.29 is 19.6 Å². The van der Waals surface area contributed by atoms with Gasteiger partial charge in [-0.25, -0.2) is 0 Å². The zero-order valence-electron chi connectivity index (χ0n) is 14.5. The van der Waals surface area contributed by atoms with Gasteiger partial charge in [-0.1, -0.05) is 18.2 Å². The molecule has 0 bridgehead atoms. The number of nitro groups is 1. The van der Waals surface area contributed by atoms with Crippen LogP contribution in [0, 0.1) is 10.1 Å². The number of phenolic OH excluding ortho intramolecular Hbond substituents is 1. The smallest absolute Gasteiger partial charge is 0.311 e. The number of fused-ring (bicyclic) bond motifs is 1. The molecular formula is C19H19N3O5. The second kappa shape index (κ2) is 6.88. The van der Waals surface area contributed by atoms with E-state index in [9.17, 15) is 20.0 Å². The van der Waals surface area contributed by atoms with Crippen molar-refractivity contribution in [2.24, 2.45) is 0 Å². The summed E-state index contributed by atoms with van der Waals surface area (Å²) >= 11 is 0. The Kier molecular flexibility index (Phi) is 4.41. The van der Waals surface area contributed by atoms with Gasteiger partial charge in [-0.3, -0.25) is 14.9 Å². The summed E-state index contributed by atoms with van der Waals surface area (Å²) in [4.78, 5) is 25.3. The van der Waals surface area contributed by atoms with E-state index in [4.69, 9.17) is 4.74 Å². The number of benzene rings is 2. The van der Waals surface area contributed by atoms with E-state index in [2.05, 4.69) is 5.32 Å². The van der Waals surface area contributed by atoms with Gasteiger partial charge in [0.25, 0.3) is 5.91 Å². The van der Waals surface area contributed by atoms with Crippen molar-refractivity contribution in [2.75, 3.05) is 18.5 Å². The highest BCUT2D eigenvalue weighted by Gasteiger charge is 2.36. The van der Waals surface area contributed by atoms with Crippen LogP contribution in [-0.4, -0.2) is 40.1 Å². The van der Waals surface area contributed by atoms with E-state index in [-0.39, 0.29) is 12.0 Å². The van der Waals surface area contributed by atoms with Crippen LogP contribution in [0.4, 0.5) is 11.4 Å². The Morgan fingerprint density at radius 2 is 2.11 bits per heavy atom. The van der Waals surface area contributed by atoms with Gasteiger partial charge >= 0.3 is 5.69 Å². The first-order valence-electron chi connectivity index (χ1n) is 8.80. The van der Waals surface area contributed by atoms with E-state index in [1.165, 1.54) is 12.1 Å². The summed E-state index contributed by atoms with van der Waals surface area (Å²) in [5.41, 5.74) is 1.37. The maximum Gasteiger partial charge on any atom is 0.311 e. The molecule has 1 fully saturated rings. The SMILES string of the molecule is O=C1c2ccccc2N[C@H](c2ccc(O)c([N+](=O)[O-])c2)N1C[C@@H]1CCCO1. The number of carbonyl (C=O) groups is 1. The number of hydrogen-bond acceptors (Lipinski definition) is 6. The molecule has 27 heavy (non-hydrogen) atoms. The summed E-state index contributed by atoms with van der Waals surface area (Å²) in [5, 5.41) is 24.2. The third-order valence-corrected chi connectivity index (χ3v) is 4.96. The number of nitrogens with zero attached hydrogens (tertiary/aromatic N) is 2. The number of ether oxygens (including phenoxy) is 1. The first-order chi connectivity index (χ1) is 13.0. The highest BCUT2D eigenvalue weighted by molar-refractivity contribution is 6.01. The maximum atomic E-state index is 13.1. The van der Waals surface area contributed by atoms with Gasteiger partial charge in [0.05, 0.1) is 16.6 Å². The number of anilines is 1. The number of rotatable bonds is 4. The third kappa shape index (κ3) is 3.19. The van der Waals surface area contributed by atoms with Crippen LogP contribution in [-0.2, 0) is 4.74 Å². The van der Waals surface area contributed by atoms with E-state index in [0.29, 0.717) is 30.0 Å². The first kappa shape index (κ1) is 17.3. The minimum Gasteiger partial charge on any atom is -0.502 e. The number of phenols is 1. The molecule has 2 aliphatic heterocycles. The minimum atomic E-state index is -0.637. The summed E-state index contributed by atoms with van der Waals surface area (Å²) in [6, 6.07) is 11.4. The summed E-state index contributed by atoms with van der Waals surface area (Å²) in [6.07, 6.45) is 1.17. The van der Waals surface area contributed by atoms with Crippen molar-refractivity contribution in [1.82, 2.24) is 4.90 Å². The number of para-hydroxylation sites is 1. The van der Waals surface area contributed by atoms with Crippen LogP contribution >= 0.6 is 0 Å². The fourth-order valence-corrected chi connectivity index (χ4v) is 3.61. The topological polar surface area (TPSA) is 105 Å². The quantitative estimate of drug-likeness (QED) is 0.634. The second-order valence-electron chi connectivity index (χ2n) is 6.69. The lowest BCUT2D eigenvalue weighted by molar-refractivity contribution is -0.385. The van der Waals surface area contributed by atoms with Gasteiger partial charge < -0.3 is 20.1 Å². The lowest BCUT2D eigenvalue weighted by Gasteiger charge is -2.39. The molecule has 4 rings (SSSR count). The highest BCUT2D eigenvalue weighted by Crippen LogP contribution is 2.37. The molecule has 1 saturated heterocycles. The fourth-order valence-electron chi connectivity index (χ4n) is 3.61. The molecule has 2 heterocycles. The van der Waals surface area contributed by atoms with Crippen molar-refractivity contribution in [2.45, 2.75) is 25.1 Å². The van der Waals surface area contributed by atoms with Crippen LogP contribution in [0.25, 0.3) is 0 Å². The van der Waals surface area contributed by atoms with Gasteiger partial charge in [-0.05, 0) is 31.0 Å². The summed E-state index contributed by atoms with van der Waals surface area (Å²) in [5.74, 6) is -0.558. The molecule has 0 spiro atoms. The molecule has 0 radical (unpaired) electrons. The molecule has 140 valence electrons. The predicted octanol–water partition coefficient (Wildman–Crippen LogP) is 3.05. The molecule has 2 aliphatic rings. The van der Waals surface area contributed by atoms with Crippen molar-refractivity contribution in [1.29, 1.82) is 0 Å². The van der Waals surface area contributed by atoms with Crippen LogP contribution < -0.4 is 5.32 Å². The molecule has 0 saturated carbocycles. The number of aromatic hydroxyl groups is 1. The Bertz CT molecular complexity index is 895. The van der Waals surface area contributed by atoms with Crippen LogP contribution in [0.15, 0.2) is 42.5 Å². The van der Waals surface area contributed by atoms with E-state index < -0.39 is 22.5 Å². The van der Waals surface area contributed by atoms with Crippen molar-refractivity contribution in [3.63, 3.8) is 0 Å². The lowest BCUT2D eigenvalue weighted by Crippen LogP contribution is -2.46. The second-order valence-corrected chi connectivity index (χ2v) is 6.69. The van der Waals surface area contributed by atoms with Gasteiger partial charge in [-0.15, -0.1) is 0 Å². The van der Waals surface area contributed by atoms with Gasteiger partial charge in [0.15, 0.2) is 5.75 Å². The Morgan fingerprint density at radius 1 is 1.30 bits per heavy atom. The van der Waals surface area contributed by atoms with Crippen LogP contribution in [0.1, 0.15) is 34.9 Å². The van der Waals surface area contributed by atoms with Gasteiger partial charge in [0, 0.05) is 30.5 Å². The highest BCUT2D eigenvalue weighted by atomic mass is 16.6. The molecule has 8 nitrogen and oxygen atoms in total. The van der Waals surface area contributed by atoms with Crippen molar-refractivity contribution >= 4 is 17.3 Å². The van der Waals surface area contributed by atoms with Gasteiger partial charge in [0.1, 0.15) is 6.17 Å². The minimum absolute atomic E-state index is 0.0596. The van der Waals surface area contributed by atoms with E-state index >= 15 is 0 Å². The molecule has 8 heteroatoms. The maximum absolute atomic E-state index is 13.1. The molecule has 2 aromatic rings. The average Bonchev–Trinajstić information content (AvgIpc) is 3.17. The van der Waals surface area contributed by atoms with E-state index in [1.54, 1.807) is 29.2 Å². The first-order valence-corrected chi connectivity index (χ1v) is 8.80. The van der Waals surface area contributed by atoms with Crippen molar-refractivity contribution in [3.8, 4) is 5.75 Å². The Labute approximate surface area is 155 Å². The zero-order chi connectivity index (χ0) is 19.0. The number of carbonyl (C=O) groups excluding carboxylic acids is 1. The van der Waals surface area contributed by atoms with Gasteiger partial charge in [-0.2, -0.15) is 0 Å². The molecular weight excluding hydrogens is 350 g/mol. The monoisotopic (exact) mass is 369 g/mol. The average molecular weight is 369 g/mol. The summed E-state index contributed by atoms with van der Waals surface area (Å²) < 4.78 is 5.69. The third-order valence-electron chi connectivity index (χ3n) is 4.96. The normalized spacial score (nSPS) is 21.6. The molecule has 0 unspecified atom stereocenters. The van der Waals surface area contributed by atoms with Gasteiger partial charge in [0.2, 0.25) is 0 Å². The van der Waals surface area contributed by atoms with Crippen molar-refractivity contribution in [3.05, 3.63) is 63.7 Å². The molecule has 2 atom stereocenters. The molecule has 1 amide bonds. The summed E-state index contributed by atoms with van der Waals surface area (Å²) in [7, 11) is 0. The molecule has 2 aromatic carbocycles. The Morgan fingerprint density at radius 3 is 2.85 bits per heavy atom. The van der Waals surface area contributed by atoms with Crippen LogP contribution in [0.2, 0.25) is 0 Å². The largest absolute Gasteiger partial charge is 0.502 e. The van der Waals surface area contributed by atoms with E-state index in [1.807, 2.05) is 6.07 Å².